The topological polar surface area (TPSA) is 83.5 Å². The van der Waals surface area contributed by atoms with Crippen molar-refractivity contribution in [2.45, 2.75) is 11.8 Å². The Balaban J connectivity index is 2.18. The van der Waals surface area contributed by atoms with Crippen molar-refractivity contribution >= 4 is 21.4 Å². The summed E-state index contributed by atoms with van der Waals surface area (Å²) in [5.41, 5.74) is 1.49. The Labute approximate surface area is 123 Å². The van der Waals surface area contributed by atoms with Crippen LogP contribution in [0.3, 0.4) is 0 Å². The lowest BCUT2D eigenvalue weighted by Crippen LogP contribution is -2.12. The molecule has 0 radical (unpaired) electrons. The number of phenolic OH excluding ortho intramolecular Hbond substituents is 1. The molecule has 6 heteroatoms. The van der Waals surface area contributed by atoms with E-state index in [1.54, 1.807) is 19.1 Å². The number of aromatic hydroxyl groups is 1. The van der Waals surface area contributed by atoms with Crippen molar-refractivity contribution in [1.29, 1.82) is 0 Å². The van der Waals surface area contributed by atoms with Crippen LogP contribution in [0, 0.1) is 6.92 Å². The molecule has 0 spiro atoms. The molecule has 0 aromatic heterocycles. The predicted molar refractivity (Wildman–Crippen MR) is 80.3 cm³/mol. The molecule has 5 nitrogen and oxygen atoms in total. The van der Waals surface area contributed by atoms with Crippen LogP contribution in [0.5, 0.6) is 5.75 Å². The van der Waals surface area contributed by atoms with E-state index in [0.717, 1.165) is 6.26 Å². The number of benzene rings is 2. The fourth-order valence-corrected chi connectivity index (χ4v) is 2.37. The first-order valence-corrected chi connectivity index (χ1v) is 8.07. The first-order chi connectivity index (χ1) is 9.77. The summed E-state index contributed by atoms with van der Waals surface area (Å²) in [4.78, 5) is 12.2. The summed E-state index contributed by atoms with van der Waals surface area (Å²) < 4.78 is 22.7. The maximum atomic E-state index is 12.0. The summed E-state index contributed by atoms with van der Waals surface area (Å²) in [6, 6.07) is 10.5. The standard InChI is InChI=1S/C15H15NO4S/c1-10-3-4-11(9-14(10)17)15(18)16-12-5-7-13(8-6-12)21(2,19)20/h3-9,17H,1-2H3,(H,16,18). The van der Waals surface area contributed by atoms with Crippen LogP contribution in [0.4, 0.5) is 5.69 Å². The molecule has 1 amide bonds. The number of aryl methyl sites for hydroxylation is 1. The molecule has 110 valence electrons. The van der Waals surface area contributed by atoms with Gasteiger partial charge in [0.25, 0.3) is 5.91 Å². The number of rotatable bonds is 3. The quantitative estimate of drug-likeness (QED) is 0.912. The molecule has 2 aromatic rings. The monoisotopic (exact) mass is 305 g/mol. The molecule has 0 heterocycles. The van der Waals surface area contributed by atoms with Gasteiger partial charge < -0.3 is 10.4 Å². The van der Waals surface area contributed by atoms with Gasteiger partial charge in [-0.1, -0.05) is 6.07 Å². The van der Waals surface area contributed by atoms with Crippen LogP contribution in [-0.2, 0) is 9.84 Å². The molecule has 0 bridgehead atoms. The van der Waals surface area contributed by atoms with Gasteiger partial charge in [0.05, 0.1) is 4.90 Å². The van der Waals surface area contributed by atoms with Crippen molar-refractivity contribution in [1.82, 2.24) is 0 Å². The third kappa shape index (κ3) is 3.61. The Morgan fingerprint density at radius 2 is 1.71 bits per heavy atom. The number of amides is 1. The highest BCUT2D eigenvalue weighted by Gasteiger charge is 2.10. The van der Waals surface area contributed by atoms with Gasteiger partial charge in [0.1, 0.15) is 5.75 Å². The van der Waals surface area contributed by atoms with Crippen molar-refractivity contribution in [2.75, 3.05) is 11.6 Å². The van der Waals surface area contributed by atoms with Gasteiger partial charge in [-0.25, -0.2) is 8.42 Å². The van der Waals surface area contributed by atoms with Crippen LogP contribution in [0.2, 0.25) is 0 Å². The van der Waals surface area contributed by atoms with Crippen LogP contribution < -0.4 is 5.32 Å². The van der Waals surface area contributed by atoms with Gasteiger partial charge in [0, 0.05) is 17.5 Å². The lowest BCUT2D eigenvalue weighted by atomic mass is 10.1. The second-order valence-electron chi connectivity index (χ2n) is 4.75. The Bertz CT molecular complexity index is 780. The molecular weight excluding hydrogens is 290 g/mol. The number of carbonyl (C=O) groups is 1. The zero-order chi connectivity index (χ0) is 15.6. The Morgan fingerprint density at radius 1 is 1.10 bits per heavy atom. The predicted octanol–water partition coefficient (Wildman–Crippen LogP) is 2.36. The first kappa shape index (κ1) is 15.1. The van der Waals surface area contributed by atoms with Gasteiger partial charge in [-0.15, -0.1) is 0 Å². The van der Waals surface area contributed by atoms with Gasteiger partial charge >= 0.3 is 0 Å². The van der Waals surface area contributed by atoms with Crippen LogP contribution in [-0.4, -0.2) is 25.7 Å². The van der Waals surface area contributed by atoms with Crippen molar-refractivity contribution in [3.05, 3.63) is 53.6 Å². The summed E-state index contributed by atoms with van der Waals surface area (Å²) >= 11 is 0. The smallest absolute Gasteiger partial charge is 0.255 e. The number of carbonyl (C=O) groups excluding carboxylic acids is 1. The largest absolute Gasteiger partial charge is 0.508 e. The maximum Gasteiger partial charge on any atom is 0.255 e. The summed E-state index contributed by atoms with van der Waals surface area (Å²) in [6.45, 7) is 1.74. The van der Waals surface area contributed by atoms with E-state index in [4.69, 9.17) is 0 Å². The SMILES string of the molecule is Cc1ccc(C(=O)Nc2ccc(S(C)(=O)=O)cc2)cc1O. The number of anilines is 1. The summed E-state index contributed by atoms with van der Waals surface area (Å²) in [6.07, 6.45) is 1.12. The normalized spacial score (nSPS) is 11.1. The van der Waals surface area contributed by atoms with Crippen molar-refractivity contribution in [3.8, 4) is 5.75 Å². The van der Waals surface area contributed by atoms with Gasteiger partial charge in [-0.2, -0.15) is 0 Å². The molecule has 0 saturated carbocycles. The minimum atomic E-state index is -3.26. The second kappa shape index (κ2) is 5.57. The van der Waals surface area contributed by atoms with E-state index in [9.17, 15) is 18.3 Å². The first-order valence-electron chi connectivity index (χ1n) is 6.18. The Morgan fingerprint density at radius 3 is 2.24 bits per heavy atom. The third-order valence-electron chi connectivity index (χ3n) is 3.01. The molecule has 0 atom stereocenters. The summed E-state index contributed by atoms with van der Waals surface area (Å²) in [7, 11) is -3.26. The molecule has 0 aliphatic rings. The number of sulfone groups is 1. The van der Waals surface area contributed by atoms with Crippen molar-refractivity contribution in [2.24, 2.45) is 0 Å². The number of hydrogen-bond donors (Lipinski definition) is 2. The highest BCUT2D eigenvalue weighted by atomic mass is 32.2. The average Bonchev–Trinajstić information content (AvgIpc) is 2.41. The summed E-state index contributed by atoms with van der Waals surface area (Å²) in [5.74, 6) is -0.326. The van der Waals surface area contributed by atoms with Crippen LogP contribution in [0.1, 0.15) is 15.9 Å². The van der Waals surface area contributed by atoms with Crippen molar-refractivity contribution in [3.63, 3.8) is 0 Å². The van der Waals surface area contributed by atoms with Gasteiger partial charge in [0.2, 0.25) is 0 Å². The van der Waals surface area contributed by atoms with E-state index >= 15 is 0 Å². The molecule has 0 aliphatic carbocycles. The molecular formula is C15H15NO4S. The molecule has 0 saturated heterocycles. The lowest BCUT2D eigenvalue weighted by Gasteiger charge is -2.07. The molecule has 0 fully saturated rings. The van der Waals surface area contributed by atoms with E-state index in [2.05, 4.69) is 5.32 Å². The van der Waals surface area contributed by atoms with E-state index in [-0.39, 0.29) is 16.6 Å². The Hall–Kier alpha value is -2.34. The zero-order valence-electron chi connectivity index (χ0n) is 11.6. The summed E-state index contributed by atoms with van der Waals surface area (Å²) in [5, 5.41) is 12.2. The highest BCUT2D eigenvalue weighted by molar-refractivity contribution is 7.90. The number of hydrogen-bond acceptors (Lipinski definition) is 4. The molecule has 2 aromatic carbocycles. The fraction of sp³-hybridized carbons (Fsp3) is 0.133. The van der Waals surface area contributed by atoms with Gasteiger partial charge in [0.15, 0.2) is 9.84 Å². The lowest BCUT2D eigenvalue weighted by molar-refractivity contribution is 0.102. The van der Waals surface area contributed by atoms with Crippen LogP contribution in [0.25, 0.3) is 0 Å². The number of phenols is 1. The minimum Gasteiger partial charge on any atom is -0.508 e. The van der Waals surface area contributed by atoms with Crippen LogP contribution >= 0.6 is 0 Å². The van der Waals surface area contributed by atoms with E-state index < -0.39 is 9.84 Å². The molecule has 0 aliphatic heterocycles. The molecule has 21 heavy (non-hydrogen) atoms. The van der Waals surface area contributed by atoms with E-state index in [1.807, 2.05) is 0 Å². The van der Waals surface area contributed by atoms with Crippen LogP contribution in [0.15, 0.2) is 47.4 Å². The highest BCUT2D eigenvalue weighted by Crippen LogP contribution is 2.19. The van der Waals surface area contributed by atoms with E-state index in [0.29, 0.717) is 16.8 Å². The van der Waals surface area contributed by atoms with Crippen molar-refractivity contribution < 1.29 is 18.3 Å². The van der Waals surface area contributed by atoms with E-state index in [1.165, 1.54) is 30.3 Å². The second-order valence-corrected chi connectivity index (χ2v) is 6.77. The van der Waals surface area contributed by atoms with Gasteiger partial charge in [-0.3, -0.25) is 4.79 Å². The molecule has 2 rings (SSSR count). The minimum absolute atomic E-state index is 0.0510. The maximum absolute atomic E-state index is 12.0. The zero-order valence-corrected chi connectivity index (χ0v) is 12.4. The fourth-order valence-electron chi connectivity index (χ4n) is 1.74. The number of nitrogens with one attached hydrogen (secondary N) is 1. The van der Waals surface area contributed by atoms with Gasteiger partial charge in [-0.05, 0) is 48.9 Å². The Kier molecular flexibility index (Phi) is 3.99. The third-order valence-corrected chi connectivity index (χ3v) is 4.14. The average molecular weight is 305 g/mol. The molecule has 0 unspecified atom stereocenters. The molecule has 2 N–H and O–H groups in total.